The molecular formula is C25H26N4O2. The maximum atomic E-state index is 12.7. The van der Waals surface area contributed by atoms with Crippen LogP contribution in [0.25, 0.3) is 11.0 Å². The Kier molecular flexibility index (Phi) is 4.90. The van der Waals surface area contributed by atoms with Gasteiger partial charge in [0, 0.05) is 13.1 Å². The van der Waals surface area contributed by atoms with E-state index in [-0.39, 0.29) is 6.09 Å². The summed E-state index contributed by atoms with van der Waals surface area (Å²) in [6, 6.07) is 16.1. The standard InChI is InChI=1S/C25H26N4O2/c1-18-4-2-5-20(10-18)14-28-16-25(31-24(28)30)9-3-6-21(12-25)15-29-17-27-22-8-7-19(13-26)11-23(22)29/h2,4-5,7-8,10-11,17,21H,3,6,9,12,14-16H2,1H3. The molecule has 1 saturated heterocycles. The number of rotatable bonds is 4. The van der Waals surface area contributed by atoms with Crippen LogP contribution in [0.1, 0.15) is 42.4 Å². The van der Waals surface area contributed by atoms with Gasteiger partial charge in [0.1, 0.15) is 5.60 Å². The first-order valence-electron chi connectivity index (χ1n) is 10.9. The second-order valence-electron chi connectivity index (χ2n) is 9.07. The molecule has 0 bridgehead atoms. The summed E-state index contributed by atoms with van der Waals surface area (Å²) in [5, 5.41) is 9.22. The van der Waals surface area contributed by atoms with Crippen LogP contribution in [0.3, 0.4) is 0 Å². The predicted octanol–water partition coefficient (Wildman–Crippen LogP) is 4.80. The van der Waals surface area contributed by atoms with Crippen molar-refractivity contribution in [3.05, 3.63) is 65.5 Å². The average molecular weight is 415 g/mol. The molecule has 0 N–H and O–H groups in total. The van der Waals surface area contributed by atoms with Crippen molar-refractivity contribution in [1.29, 1.82) is 5.26 Å². The fourth-order valence-electron chi connectivity index (χ4n) is 5.23. The zero-order chi connectivity index (χ0) is 21.4. The summed E-state index contributed by atoms with van der Waals surface area (Å²) in [5.74, 6) is 0.406. The third kappa shape index (κ3) is 3.88. The van der Waals surface area contributed by atoms with Gasteiger partial charge < -0.3 is 9.30 Å². The molecule has 1 amide bonds. The zero-order valence-corrected chi connectivity index (χ0v) is 17.8. The molecule has 158 valence electrons. The van der Waals surface area contributed by atoms with Crippen LogP contribution in [0.4, 0.5) is 4.79 Å². The van der Waals surface area contributed by atoms with E-state index in [9.17, 15) is 10.1 Å². The van der Waals surface area contributed by atoms with Gasteiger partial charge in [0.05, 0.1) is 35.5 Å². The van der Waals surface area contributed by atoms with Gasteiger partial charge in [-0.3, -0.25) is 4.90 Å². The third-order valence-electron chi connectivity index (χ3n) is 6.61. The van der Waals surface area contributed by atoms with E-state index in [0.717, 1.165) is 48.8 Å². The van der Waals surface area contributed by atoms with Crippen molar-refractivity contribution in [2.75, 3.05) is 6.54 Å². The number of ether oxygens (including phenoxy) is 1. The minimum atomic E-state index is -0.391. The fraction of sp³-hybridized carbons (Fsp3) is 0.400. The molecule has 0 radical (unpaired) electrons. The van der Waals surface area contributed by atoms with Crippen molar-refractivity contribution in [2.24, 2.45) is 5.92 Å². The van der Waals surface area contributed by atoms with E-state index >= 15 is 0 Å². The van der Waals surface area contributed by atoms with E-state index in [4.69, 9.17) is 4.74 Å². The lowest BCUT2D eigenvalue weighted by Crippen LogP contribution is -2.40. The second-order valence-corrected chi connectivity index (χ2v) is 9.07. The molecule has 5 rings (SSSR count). The summed E-state index contributed by atoms with van der Waals surface area (Å²) in [7, 11) is 0. The van der Waals surface area contributed by atoms with Gasteiger partial charge in [0.15, 0.2) is 0 Å². The van der Waals surface area contributed by atoms with E-state index in [2.05, 4.69) is 40.7 Å². The van der Waals surface area contributed by atoms with E-state index in [1.54, 1.807) is 6.07 Å². The van der Waals surface area contributed by atoms with Crippen molar-refractivity contribution >= 4 is 17.1 Å². The minimum Gasteiger partial charge on any atom is -0.441 e. The van der Waals surface area contributed by atoms with Crippen LogP contribution in [-0.2, 0) is 17.8 Å². The molecule has 1 saturated carbocycles. The Labute approximate surface area is 182 Å². The molecule has 3 aromatic rings. The Morgan fingerprint density at radius 3 is 3.03 bits per heavy atom. The molecule has 6 nitrogen and oxygen atoms in total. The van der Waals surface area contributed by atoms with Crippen LogP contribution in [0.5, 0.6) is 0 Å². The van der Waals surface area contributed by atoms with Crippen molar-refractivity contribution in [3.63, 3.8) is 0 Å². The van der Waals surface area contributed by atoms with Crippen LogP contribution < -0.4 is 0 Å². The summed E-state index contributed by atoms with van der Waals surface area (Å²) in [5.41, 5.74) is 4.48. The molecule has 1 aliphatic heterocycles. The number of carbonyl (C=O) groups is 1. The van der Waals surface area contributed by atoms with Gasteiger partial charge in [-0.1, -0.05) is 29.8 Å². The molecule has 2 unspecified atom stereocenters. The summed E-state index contributed by atoms with van der Waals surface area (Å²) in [4.78, 5) is 19.0. The van der Waals surface area contributed by atoms with E-state index in [1.165, 1.54) is 5.56 Å². The second kappa shape index (κ2) is 7.73. The molecular weight excluding hydrogens is 388 g/mol. The van der Waals surface area contributed by atoms with Crippen molar-refractivity contribution < 1.29 is 9.53 Å². The van der Waals surface area contributed by atoms with Gasteiger partial charge >= 0.3 is 6.09 Å². The van der Waals surface area contributed by atoms with E-state index < -0.39 is 5.60 Å². The maximum absolute atomic E-state index is 12.7. The summed E-state index contributed by atoms with van der Waals surface area (Å²) >= 11 is 0. The smallest absolute Gasteiger partial charge is 0.410 e. The van der Waals surface area contributed by atoms with Crippen molar-refractivity contribution in [3.8, 4) is 6.07 Å². The zero-order valence-electron chi connectivity index (χ0n) is 17.8. The Bertz CT molecular complexity index is 1180. The number of imidazole rings is 1. The number of aryl methyl sites for hydroxylation is 1. The molecule has 2 aromatic carbocycles. The number of amides is 1. The quantitative estimate of drug-likeness (QED) is 0.615. The highest BCUT2D eigenvalue weighted by Crippen LogP contribution is 2.41. The molecule has 1 aromatic heterocycles. The number of aromatic nitrogens is 2. The lowest BCUT2D eigenvalue weighted by molar-refractivity contribution is 0.00415. The molecule has 2 aliphatic rings. The van der Waals surface area contributed by atoms with Crippen LogP contribution in [0.2, 0.25) is 0 Å². The van der Waals surface area contributed by atoms with Crippen molar-refractivity contribution in [1.82, 2.24) is 14.5 Å². The fourth-order valence-corrected chi connectivity index (χ4v) is 5.23. The first-order valence-corrected chi connectivity index (χ1v) is 10.9. The Morgan fingerprint density at radius 2 is 2.19 bits per heavy atom. The van der Waals surface area contributed by atoms with Crippen LogP contribution >= 0.6 is 0 Å². The highest BCUT2D eigenvalue weighted by atomic mass is 16.6. The monoisotopic (exact) mass is 414 g/mol. The number of nitriles is 1. The number of carbonyl (C=O) groups excluding carboxylic acids is 1. The van der Waals surface area contributed by atoms with Crippen molar-refractivity contribution in [2.45, 2.75) is 51.3 Å². The number of nitrogens with zero attached hydrogens (tertiary/aromatic N) is 4. The van der Waals surface area contributed by atoms with Gasteiger partial charge in [-0.15, -0.1) is 0 Å². The Hall–Kier alpha value is -3.33. The van der Waals surface area contributed by atoms with E-state index in [0.29, 0.717) is 24.6 Å². The number of hydrogen-bond donors (Lipinski definition) is 0. The van der Waals surface area contributed by atoms with Gasteiger partial charge in [0.25, 0.3) is 0 Å². The minimum absolute atomic E-state index is 0.200. The Balaban J connectivity index is 1.30. The summed E-state index contributed by atoms with van der Waals surface area (Å²) in [6.45, 7) is 4.14. The normalized spacial score (nSPS) is 23.3. The Morgan fingerprint density at radius 1 is 1.29 bits per heavy atom. The molecule has 2 atom stereocenters. The van der Waals surface area contributed by atoms with Gasteiger partial charge in [-0.25, -0.2) is 9.78 Å². The highest BCUT2D eigenvalue weighted by molar-refractivity contribution is 5.77. The average Bonchev–Trinajstić information content (AvgIpc) is 3.28. The number of benzene rings is 2. The molecule has 1 spiro atoms. The topological polar surface area (TPSA) is 71.2 Å². The van der Waals surface area contributed by atoms with Crippen LogP contribution in [-0.4, -0.2) is 32.7 Å². The van der Waals surface area contributed by atoms with Gasteiger partial charge in [-0.2, -0.15) is 5.26 Å². The van der Waals surface area contributed by atoms with Gasteiger partial charge in [-0.05, 0) is 62.3 Å². The van der Waals surface area contributed by atoms with E-state index in [1.807, 2.05) is 29.4 Å². The molecule has 6 heteroatoms. The molecule has 2 heterocycles. The van der Waals surface area contributed by atoms with Gasteiger partial charge in [0.2, 0.25) is 0 Å². The predicted molar refractivity (Wildman–Crippen MR) is 117 cm³/mol. The molecule has 1 aliphatic carbocycles. The number of fused-ring (bicyclic) bond motifs is 1. The van der Waals surface area contributed by atoms with Crippen LogP contribution in [0.15, 0.2) is 48.8 Å². The largest absolute Gasteiger partial charge is 0.441 e. The SMILES string of the molecule is Cc1cccc(CN2CC3(CCCC(Cn4cnc5ccc(C#N)cc54)C3)OC2=O)c1. The number of hydrogen-bond acceptors (Lipinski definition) is 4. The first kappa shape index (κ1) is 19.6. The first-order chi connectivity index (χ1) is 15.0. The maximum Gasteiger partial charge on any atom is 0.410 e. The molecule has 2 fully saturated rings. The lowest BCUT2D eigenvalue weighted by Gasteiger charge is -2.36. The summed E-state index contributed by atoms with van der Waals surface area (Å²) < 4.78 is 8.14. The highest BCUT2D eigenvalue weighted by Gasteiger charge is 2.47. The third-order valence-corrected chi connectivity index (χ3v) is 6.61. The lowest BCUT2D eigenvalue weighted by atomic mass is 9.78. The summed E-state index contributed by atoms with van der Waals surface area (Å²) in [6.07, 6.45) is 5.59. The molecule has 31 heavy (non-hydrogen) atoms. The van der Waals surface area contributed by atoms with Crippen LogP contribution in [0, 0.1) is 24.2 Å².